The number of amides is 1. The molecule has 21 heavy (non-hydrogen) atoms. The monoisotopic (exact) mass is 333 g/mol. The summed E-state index contributed by atoms with van der Waals surface area (Å²) in [5.41, 5.74) is 0.381. The number of rotatable bonds is 6. The van der Waals surface area contributed by atoms with Crippen LogP contribution in [0.3, 0.4) is 0 Å². The van der Waals surface area contributed by atoms with Gasteiger partial charge in [-0.1, -0.05) is 17.7 Å². The Bertz CT molecular complexity index is 611. The first kappa shape index (κ1) is 15.6. The first-order valence-corrected chi connectivity index (χ1v) is 7.12. The largest absolute Gasteiger partial charge is 0.323 e. The molecule has 112 valence electrons. The van der Waals surface area contributed by atoms with Crippen LogP contribution in [0, 0.1) is 0 Å². The second kappa shape index (κ2) is 7.32. The van der Waals surface area contributed by atoms with Gasteiger partial charge in [-0.05, 0) is 22.6 Å². The zero-order valence-corrected chi connectivity index (χ0v) is 12.1. The average molecular weight is 334 g/mol. The van der Waals surface area contributed by atoms with Crippen LogP contribution >= 0.6 is 23.4 Å². The van der Waals surface area contributed by atoms with Crippen LogP contribution in [-0.4, -0.2) is 38.3 Å². The molecule has 6 nitrogen and oxygen atoms in total. The number of tetrazole rings is 1. The summed E-state index contributed by atoms with van der Waals surface area (Å²) in [6.45, 7) is -0.0849. The highest BCUT2D eigenvalue weighted by Crippen LogP contribution is 2.35. The number of anilines is 1. The number of thioether (sulfide) groups is 1. The van der Waals surface area contributed by atoms with Crippen LogP contribution in [0.25, 0.3) is 0 Å². The number of halogens is 3. The quantitative estimate of drug-likeness (QED) is 0.821. The normalized spacial score (nSPS) is 10.9. The van der Waals surface area contributed by atoms with Gasteiger partial charge in [-0.3, -0.25) is 4.79 Å². The van der Waals surface area contributed by atoms with Crippen LogP contribution < -0.4 is 5.32 Å². The summed E-state index contributed by atoms with van der Waals surface area (Å²) in [6.07, 6.45) is -1.17. The van der Waals surface area contributed by atoms with Crippen LogP contribution in [0.1, 0.15) is 0 Å². The molecule has 0 aliphatic carbocycles. The Hall–Kier alpha value is -1.74. The van der Waals surface area contributed by atoms with Gasteiger partial charge in [0.15, 0.2) is 0 Å². The maximum atomic E-state index is 12.3. The van der Waals surface area contributed by atoms with E-state index in [2.05, 4.69) is 20.8 Å². The van der Waals surface area contributed by atoms with Gasteiger partial charge >= 0.3 is 0 Å². The lowest BCUT2D eigenvalue weighted by molar-refractivity contribution is -0.116. The SMILES string of the molecule is O=C(Cn1cnnn1)Nc1cccc(Cl)c1SCC(F)F. The zero-order valence-electron chi connectivity index (χ0n) is 10.5. The minimum Gasteiger partial charge on any atom is -0.323 e. The number of alkyl halides is 2. The minimum atomic E-state index is -2.46. The van der Waals surface area contributed by atoms with Crippen molar-refractivity contribution >= 4 is 35.0 Å². The molecule has 0 aliphatic rings. The standard InChI is InChI=1S/C11H10ClF2N5OS/c12-7-2-1-3-8(11(7)21-5-9(13)14)16-10(20)4-19-6-15-17-18-19/h1-3,6,9H,4-5H2,(H,16,20). The van der Waals surface area contributed by atoms with Gasteiger partial charge in [-0.25, -0.2) is 13.5 Å². The topological polar surface area (TPSA) is 72.7 Å². The lowest BCUT2D eigenvalue weighted by atomic mass is 10.3. The number of aromatic nitrogens is 4. The Morgan fingerprint density at radius 1 is 1.48 bits per heavy atom. The van der Waals surface area contributed by atoms with Crippen LogP contribution in [0.5, 0.6) is 0 Å². The molecule has 0 bridgehead atoms. The van der Waals surface area contributed by atoms with Crippen molar-refractivity contribution in [2.45, 2.75) is 17.9 Å². The van der Waals surface area contributed by atoms with E-state index in [0.29, 0.717) is 15.6 Å². The van der Waals surface area contributed by atoms with Crippen molar-refractivity contribution in [2.24, 2.45) is 0 Å². The summed E-state index contributed by atoms with van der Waals surface area (Å²) in [5, 5.41) is 13.3. The molecule has 0 saturated carbocycles. The van der Waals surface area contributed by atoms with Crippen molar-refractivity contribution in [3.63, 3.8) is 0 Å². The van der Waals surface area contributed by atoms with Crippen LogP contribution in [0.2, 0.25) is 5.02 Å². The predicted molar refractivity (Wildman–Crippen MR) is 74.6 cm³/mol. The molecule has 2 aromatic rings. The van der Waals surface area contributed by atoms with Gasteiger partial charge in [0.05, 0.1) is 16.5 Å². The number of nitrogens with one attached hydrogen (secondary N) is 1. The van der Waals surface area contributed by atoms with E-state index >= 15 is 0 Å². The molecule has 10 heteroatoms. The van der Waals surface area contributed by atoms with E-state index in [1.807, 2.05) is 0 Å². The fourth-order valence-electron chi connectivity index (χ4n) is 1.49. The molecule has 0 unspecified atom stereocenters. The predicted octanol–water partition coefficient (Wildman–Crippen LogP) is 2.32. The van der Waals surface area contributed by atoms with Gasteiger partial charge in [-0.2, -0.15) is 0 Å². The molecule has 1 N–H and O–H groups in total. The third-order valence-corrected chi connectivity index (χ3v) is 3.87. The van der Waals surface area contributed by atoms with Crippen LogP contribution in [0.4, 0.5) is 14.5 Å². The van der Waals surface area contributed by atoms with Crippen LogP contribution in [0.15, 0.2) is 29.4 Å². The first-order valence-electron chi connectivity index (χ1n) is 5.76. The van der Waals surface area contributed by atoms with Gasteiger partial charge in [0.25, 0.3) is 0 Å². The van der Waals surface area contributed by atoms with Crippen molar-refractivity contribution in [3.05, 3.63) is 29.5 Å². The number of carbonyl (C=O) groups excluding carboxylic acids is 1. The lowest BCUT2D eigenvalue weighted by Gasteiger charge is -2.12. The molecule has 0 atom stereocenters. The average Bonchev–Trinajstić information content (AvgIpc) is 2.90. The van der Waals surface area contributed by atoms with E-state index in [0.717, 1.165) is 11.8 Å². The highest BCUT2D eigenvalue weighted by atomic mass is 35.5. The Kier molecular flexibility index (Phi) is 5.45. The van der Waals surface area contributed by atoms with E-state index in [4.69, 9.17) is 11.6 Å². The Balaban J connectivity index is 2.08. The van der Waals surface area contributed by atoms with E-state index in [1.54, 1.807) is 18.2 Å². The van der Waals surface area contributed by atoms with Crippen molar-refractivity contribution in [1.82, 2.24) is 20.2 Å². The molecular weight excluding hydrogens is 324 g/mol. The summed E-state index contributed by atoms with van der Waals surface area (Å²) >= 11 is 6.87. The molecule has 0 spiro atoms. The van der Waals surface area contributed by atoms with E-state index < -0.39 is 12.2 Å². The Morgan fingerprint density at radius 3 is 2.95 bits per heavy atom. The maximum Gasteiger partial charge on any atom is 0.247 e. The number of hydrogen-bond acceptors (Lipinski definition) is 5. The van der Waals surface area contributed by atoms with Gasteiger partial charge in [0, 0.05) is 4.90 Å². The van der Waals surface area contributed by atoms with Crippen molar-refractivity contribution in [3.8, 4) is 0 Å². The number of benzene rings is 1. The molecule has 0 radical (unpaired) electrons. The van der Waals surface area contributed by atoms with Gasteiger partial charge in [0.1, 0.15) is 12.9 Å². The number of nitrogens with zero attached hydrogens (tertiary/aromatic N) is 4. The summed E-state index contributed by atoms with van der Waals surface area (Å²) in [6, 6.07) is 4.80. The molecule has 0 aliphatic heterocycles. The first-order chi connectivity index (χ1) is 10.1. The third kappa shape index (κ3) is 4.64. The summed E-state index contributed by atoms with van der Waals surface area (Å²) in [7, 11) is 0. The van der Waals surface area contributed by atoms with Gasteiger partial charge in [0.2, 0.25) is 12.3 Å². The Morgan fingerprint density at radius 2 is 2.29 bits per heavy atom. The zero-order chi connectivity index (χ0) is 15.2. The fraction of sp³-hybridized carbons (Fsp3) is 0.273. The third-order valence-electron chi connectivity index (χ3n) is 2.29. The second-order valence-electron chi connectivity index (χ2n) is 3.87. The van der Waals surface area contributed by atoms with Crippen LogP contribution in [-0.2, 0) is 11.3 Å². The minimum absolute atomic E-state index is 0.0849. The second-order valence-corrected chi connectivity index (χ2v) is 5.31. The molecule has 0 saturated heterocycles. The fourth-order valence-corrected chi connectivity index (χ4v) is 2.60. The summed E-state index contributed by atoms with van der Waals surface area (Å²) in [5.74, 6) is -0.789. The smallest absolute Gasteiger partial charge is 0.247 e. The van der Waals surface area contributed by atoms with Crippen molar-refractivity contribution < 1.29 is 13.6 Å². The number of hydrogen-bond donors (Lipinski definition) is 1. The molecule has 1 aromatic carbocycles. The van der Waals surface area contributed by atoms with E-state index in [9.17, 15) is 13.6 Å². The summed E-state index contributed by atoms with van der Waals surface area (Å²) in [4.78, 5) is 12.3. The highest BCUT2D eigenvalue weighted by Gasteiger charge is 2.13. The van der Waals surface area contributed by atoms with Crippen molar-refractivity contribution in [2.75, 3.05) is 11.1 Å². The van der Waals surface area contributed by atoms with Gasteiger partial charge < -0.3 is 5.32 Å². The molecule has 1 aromatic heterocycles. The maximum absolute atomic E-state index is 12.3. The molecular formula is C11H10ClF2N5OS. The van der Waals surface area contributed by atoms with Crippen molar-refractivity contribution in [1.29, 1.82) is 0 Å². The lowest BCUT2D eigenvalue weighted by Crippen LogP contribution is -2.19. The van der Waals surface area contributed by atoms with Gasteiger partial charge in [-0.15, -0.1) is 16.9 Å². The highest BCUT2D eigenvalue weighted by molar-refractivity contribution is 7.99. The molecule has 1 amide bonds. The molecule has 0 fully saturated rings. The van der Waals surface area contributed by atoms with E-state index in [-0.39, 0.29) is 12.5 Å². The molecule has 1 heterocycles. The Labute approximate surface area is 127 Å². The van der Waals surface area contributed by atoms with E-state index in [1.165, 1.54) is 11.0 Å². The summed E-state index contributed by atoms with van der Waals surface area (Å²) < 4.78 is 25.9. The molecule has 2 rings (SSSR count). The number of carbonyl (C=O) groups is 1.